The lowest BCUT2D eigenvalue weighted by molar-refractivity contribution is -0.137. The van der Waals surface area contributed by atoms with Gasteiger partial charge in [-0.1, -0.05) is 17.7 Å². The molecule has 2 aromatic rings. The maximum atomic E-state index is 13.0. The molecule has 1 aromatic carbocycles. The van der Waals surface area contributed by atoms with Crippen LogP contribution in [-0.2, 0) is 29.3 Å². The maximum Gasteiger partial charge on any atom is 0.332 e. The summed E-state index contributed by atoms with van der Waals surface area (Å²) in [5.41, 5.74) is 1.32. The molecule has 0 fully saturated rings. The summed E-state index contributed by atoms with van der Waals surface area (Å²) in [6.45, 7) is 1.24. The highest BCUT2D eigenvalue weighted by Crippen LogP contribution is 2.27. The molecule has 0 saturated carbocycles. The lowest BCUT2D eigenvalue weighted by Gasteiger charge is -2.23. The number of nitrogens with zero attached hydrogens (tertiary/aromatic N) is 2. The number of carbonyl (C=O) groups excluding carboxylic acids is 1. The molecule has 8 nitrogen and oxygen atoms in total. The average molecular weight is 393 g/mol. The molecular weight excluding hydrogens is 376 g/mol. The number of carbonyl (C=O) groups is 2. The quantitative estimate of drug-likeness (QED) is 0.824. The van der Waals surface area contributed by atoms with E-state index in [-0.39, 0.29) is 31.2 Å². The predicted molar refractivity (Wildman–Crippen MR) is 95.9 cm³/mol. The van der Waals surface area contributed by atoms with Crippen molar-refractivity contribution in [3.63, 3.8) is 0 Å². The van der Waals surface area contributed by atoms with Gasteiger partial charge in [-0.25, -0.2) is 9.36 Å². The van der Waals surface area contributed by atoms with Crippen molar-refractivity contribution in [3.05, 3.63) is 62.0 Å². The van der Waals surface area contributed by atoms with Crippen molar-refractivity contribution in [2.75, 3.05) is 6.54 Å². The van der Waals surface area contributed by atoms with Crippen LogP contribution in [0.3, 0.4) is 0 Å². The zero-order valence-electron chi connectivity index (χ0n) is 14.4. The molecule has 0 saturated heterocycles. The number of pyridine rings is 1. The molecule has 0 spiro atoms. The smallest absolute Gasteiger partial charge is 0.332 e. The molecular formula is C18H17ClN2O6. The van der Waals surface area contributed by atoms with Crippen LogP contribution in [0.5, 0.6) is 5.75 Å². The van der Waals surface area contributed by atoms with Crippen molar-refractivity contribution in [2.24, 2.45) is 0 Å². The van der Waals surface area contributed by atoms with Crippen molar-refractivity contribution in [1.29, 1.82) is 0 Å². The molecule has 3 rings (SSSR count). The van der Waals surface area contributed by atoms with E-state index in [2.05, 4.69) is 0 Å². The summed E-state index contributed by atoms with van der Waals surface area (Å²) in [5, 5.41) is 19.6. The molecule has 27 heavy (non-hydrogen) atoms. The second kappa shape index (κ2) is 7.42. The van der Waals surface area contributed by atoms with Crippen LogP contribution in [-0.4, -0.2) is 38.2 Å². The monoisotopic (exact) mass is 392 g/mol. The van der Waals surface area contributed by atoms with E-state index in [0.29, 0.717) is 16.1 Å². The van der Waals surface area contributed by atoms with Gasteiger partial charge in [0.2, 0.25) is 0 Å². The number of halogens is 1. The number of aromatic nitrogens is 1. The highest BCUT2D eigenvalue weighted by molar-refractivity contribution is 6.30. The van der Waals surface area contributed by atoms with Gasteiger partial charge < -0.3 is 19.8 Å². The standard InChI is InChI=1S/C18H17ClN2O6/c1-10-4-12(19)3-2-11(10)6-20(7-17(24)25)18(26)21-14-9-27-8-13(14)15(22)5-16(21)23/h2-5,22H,6-9H2,1H3,(H,24,25). The van der Waals surface area contributed by atoms with Gasteiger partial charge in [0, 0.05) is 23.2 Å². The lowest BCUT2D eigenvalue weighted by Crippen LogP contribution is -2.43. The van der Waals surface area contributed by atoms with Gasteiger partial charge in [-0.3, -0.25) is 9.59 Å². The van der Waals surface area contributed by atoms with E-state index in [1.807, 2.05) is 0 Å². The summed E-state index contributed by atoms with van der Waals surface area (Å²) < 4.78 is 6.09. The molecule has 0 unspecified atom stereocenters. The van der Waals surface area contributed by atoms with Gasteiger partial charge in [-0.05, 0) is 30.2 Å². The fraction of sp³-hybridized carbons (Fsp3) is 0.278. The second-order valence-corrected chi connectivity index (χ2v) is 6.66. The number of benzene rings is 1. The van der Waals surface area contributed by atoms with E-state index < -0.39 is 24.1 Å². The highest BCUT2D eigenvalue weighted by Gasteiger charge is 2.28. The van der Waals surface area contributed by atoms with Crippen LogP contribution in [0.1, 0.15) is 22.4 Å². The van der Waals surface area contributed by atoms with Gasteiger partial charge in [0.15, 0.2) is 0 Å². The van der Waals surface area contributed by atoms with Crippen LogP contribution < -0.4 is 5.56 Å². The molecule has 0 bridgehead atoms. The summed E-state index contributed by atoms with van der Waals surface area (Å²) >= 11 is 5.94. The summed E-state index contributed by atoms with van der Waals surface area (Å²) in [6, 6.07) is 5.19. The topological polar surface area (TPSA) is 109 Å². The number of hydrogen-bond donors (Lipinski definition) is 2. The number of carboxylic acids is 1. The molecule has 1 aliphatic heterocycles. The second-order valence-electron chi connectivity index (χ2n) is 6.22. The summed E-state index contributed by atoms with van der Waals surface area (Å²) in [6.07, 6.45) is 0. The van der Waals surface area contributed by atoms with Gasteiger partial charge in [0.1, 0.15) is 12.3 Å². The van der Waals surface area contributed by atoms with E-state index in [1.54, 1.807) is 25.1 Å². The van der Waals surface area contributed by atoms with E-state index in [4.69, 9.17) is 16.3 Å². The number of hydrogen-bond acceptors (Lipinski definition) is 5. The summed E-state index contributed by atoms with van der Waals surface area (Å²) in [5.74, 6) is -1.45. The Kier molecular flexibility index (Phi) is 5.20. The molecule has 0 radical (unpaired) electrons. The number of rotatable bonds is 4. The number of fused-ring (bicyclic) bond motifs is 1. The fourth-order valence-electron chi connectivity index (χ4n) is 2.99. The van der Waals surface area contributed by atoms with Gasteiger partial charge in [0.25, 0.3) is 5.56 Å². The molecule has 2 heterocycles. The largest absolute Gasteiger partial charge is 0.507 e. The number of amides is 1. The molecule has 2 N–H and O–H groups in total. The molecule has 0 aliphatic carbocycles. The van der Waals surface area contributed by atoms with Crippen LogP contribution in [0, 0.1) is 6.92 Å². The molecule has 1 aliphatic rings. The average Bonchev–Trinajstić information content (AvgIpc) is 3.05. The lowest BCUT2D eigenvalue weighted by atomic mass is 10.1. The Labute approximate surface area is 159 Å². The zero-order chi connectivity index (χ0) is 19.7. The van der Waals surface area contributed by atoms with Gasteiger partial charge >= 0.3 is 12.0 Å². The Balaban J connectivity index is 2.01. The minimum Gasteiger partial charge on any atom is -0.507 e. The Bertz CT molecular complexity index is 985. The third-order valence-corrected chi connectivity index (χ3v) is 4.58. The Morgan fingerprint density at radius 3 is 2.70 bits per heavy atom. The first kappa shape index (κ1) is 18.9. The number of ether oxygens (including phenoxy) is 1. The van der Waals surface area contributed by atoms with Crippen LogP contribution in [0.15, 0.2) is 29.1 Å². The molecule has 1 aromatic heterocycles. The zero-order valence-corrected chi connectivity index (χ0v) is 15.2. The van der Waals surface area contributed by atoms with Crippen LogP contribution >= 0.6 is 11.6 Å². The van der Waals surface area contributed by atoms with Crippen molar-refractivity contribution < 1.29 is 24.5 Å². The predicted octanol–water partition coefficient (Wildman–Crippen LogP) is 2.10. The summed E-state index contributed by atoms with van der Waals surface area (Å²) in [7, 11) is 0. The first-order chi connectivity index (χ1) is 12.8. The molecule has 1 amide bonds. The van der Waals surface area contributed by atoms with Crippen molar-refractivity contribution >= 4 is 23.6 Å². The third kappa shape index (κ3) is 3.81. The first-order valence-electron chi connectivity index (χ1n) is 8.08. The number of aromatic hydroxyl groups is 1. The minimum absolute atomic E-state index is 0.0168. The number of aryl methyl sites for hydroxylation is 1. The number of carboxylic acid groups (broad SMARTS) is 1. The van der Waals surface area contributed by atoms with E-state index in [1.165, 1.54) is 0 Å². The first-order valence-corrected chi connectivity index (χ1v) is 8.46. The Morgan fingerprint density at radius 1 is 1.30 bits per heavy atom. The maximum absolute atomic E-state index is 13.0. The Morgan fingerprint density at radius 2 is 2.04 bits per heavy atom. The normalized spacial score (nSPS) is 12.7. The molecule has 142 valence electrons. The Hall–Kier alpha value is -2.84. The number of aliphatic carboxylic acids is 1. The van der Waals surface area contributed by atoms with Crippen molar-refractivity contribution in [1.82, 2.24) is 9.47 Å². The highest BCUT2D eigenvalue weighted by atomic mass is 35.5. The van der Waals surface area contributed by atoms with E-state index >= 15 is 0 Å². The molecule has 9 heteroatoms. The fourth-order valence-corrected chi connectivity index (χ4v) is 3.22. The third-order valence-electron chi connectivity index (χ3n) is 4.35. The van der Waals surface area contributed by atoms with Gasteiger partial charge in [-0.2, -0.15) is 0 Å². The van der Waals surface area contributed by atoms with E-state index in [0.717, 1.165) is 21.1 Å². The van der Waals surface area contributed by atoms with Crippen LogP contribution in [0.4, 0.5) is 4.79 Å². The van der Waals surface area contributed by atoms with Crippen LogP contribution in [0.25, 0.3) is 0 Å². The van der Waals surface area contributed by atoms with Gasteiger partial charge in [-0.15, -0.1) is 0 Å². The summed E-state index contributed by atoms with van der Waals surface area (Å²) in [4.78, 5) is 37.7. The van der Waals surface area contributed by atoms with Crippen molar-refractivity contribution in [2.45, 2.75) is 26.7 Å². The van der Waals surface area contributed by atoms with Gasteiger partial charge in [0.05, 0.1) is 18.9 Å². The SMILES string of the molecule is Cc1cc(Cl)ccc1CN(CC(=O)O)C(=O)n1c2c(c(O)cc1=O)COC2. The minimum atomic E-state index is -1.21. The van der Waals surface area contributed by atoms with E-state index in [9.17, 15) is 24.6 Å². The van der Waals surface area contributed by atoms with Crippen LogP contribution in [0.2, 0.25) is 5.02 Å². The van der Waals surface area contributed by atoms with Crippen molar-refractivity contribution in [3.8, 4) is 5.75 Å². The molecule has 0 atom stereocenters.